The summed E-state index contributed by atoms with van der Waals surface area (Å²) in [7, 11) is 0. The molecule has 0 fully saturated rings. The number of aromatic nitrogens is 2. The monoisotopic (exact) mass is 267 g/mol. The van der Waals surface area contributed by atoms with Crippen molar-refractivity contribution in [2.24, 2.45) is 0 Å². The second kappa shape index (κ2) is 5.61. The largest absolute Gasteiger partial charge is 0.363 e. The third-order valence-electron chi connectivity index (χ3n) is 3.97. The Kier molecular flexibility index (Phi) is 3.68. The van der Waals surface area contributed by atoms with Crippen LogP contribution in [0.15, 0.2) is 36.7 Å². The number of rotatable bonds is 3. The molecule has 1 atom stereocenters. The van der Waals surface area contributed by atoms with E-state index in [9.17, 15) is 0 Å². The molecule has 1 aliphatic carbocycles. The Morgan fingerprint density at radius 3 is 2.90 bits per heavy atom. The summed E-state index contributed by atoms with van der Waals surface area (Å²) in [6.45, 7) is 4.31. The maximum absolute atomic E-state index is 4.37. The first kappa shape index (κ1) is 13.1. The standard InChI is InChI=1S/C17H21N3/c1-12(2)16-10-17(19-11-18-16)20-15-9-5-7-13-6-3-4-8-14(13)15/h3-4,6,8,10-12,15H,5,7,9H2,1-2H3,(H,18,19,20). The van der Waals surface area contributed by atoms with Gasteiger partial charge in [-0.1, -0.05) is 38.1 Å². The van der Waals surface area contributed by atoms with Gasteiger partial charge in [0.05, 0.1) is 6.04 Å². The van der Waals surface area contributed by atoms with Crippen LogP contribution in [0.2, 0.25) is 0 Å². The van der Waals surface area contributed by atoms with Crippen molar-refractivity contribution < 1.29 is 0 Å². The zero-order valence-electron chi connectivity index (χ0n) is 12.1. The number of fused-ring (bicyclic) bond motifs is 1. The lowest BCUT2D eigenvalue weighted by atomic mass is 9.88. The first-order chi connectivity index (χ1) is 9.74. The molecule has 1 aliphatic rings. The Morgan fingerprint density at radius 2 is 2.05 bits per heavy atom. The summed E-state index contributed by atoms with van der Waals surface area (Å²) in [5.74, 6) is 1.36. The van der Waals surface area contributed by atoms with Gasteiger partial charge in [0.15, 0.2) is 0 Å². The molecule has 0 radical (unpaired) electrons. The molecule has 0 spiro atoms. The lowest BCUT2D eigenvalue weighted by molar-refractivity contribution is 0.598. The highest BCUT2D eigenvalue weighted by molar-refractivity contribution is 5.42. The topological polar surface area (TPSA) is 37.8 Å². The van der Waals surface area contributed by atoms with Crippen LogP contribution in [0.4, 0.5) is 5.82 Å². The maximum atomic E-state index is 4.37. The number of anilines is 1. The summed E-state index contributed by atoms with van der Waals surface area (Å²) < 4.78 is 0. The second-order valence-electron chi connectivity index (χ2n) is 5.77. The SMILES string of the molecule is CC(C)c1cc(NC2CCCc3ccccc32)ncn1. The van der Waals surface area contributed by atoms with Crippen LogP contribution >= 0.6 is 0 Å². The highest BCUT2D eigenvalue weighted by Gasteiger charge is 2.19. The van der Waals surface area contributed by atoms with E-state index in [1.807, 2.05) is 0 Å². The van der Waals surface area contributed by atoms with Gasteiger partial charge in [-0.2, -0.15) is 0 Å². The average Bonchev–Trinajstić information content (AvgIpc) is 2.48. The number of hydrogen-bond acceptors (Lipinski definition) is 3. The van der Waals surface area contributed by atoms with E-state index in [0.717, 1.165) is 17.9 Å². The van der Waals surface area contributed by atoms with Crippen molar-refractivity contribution in [3.05, 3.63) is 53.5 Å². The van der Waals surface area contributed by atoms with Gasteiger partial charge in [0.25, 0.3) is 0 Å². The van der Waals surface area contributed by atoms with E-state index in [2.05, 4.69) is 59.5 Å². The van der Waals surface area contributed by atoms with Crippen LogP contribution < -0.4 is 5.32 Å². The molecule has 0 aliphatic heterocycles. The molecule has 3 nitrogen and oxygen atoms in total. The molecule has 2 aromatic rings. The van der Waals surface area contributed by atoms with Crippen molar-refractivity contribution in [1.82, 2.24) is 9.97 Å². The summed E-state index contributed by atoms with van der Waals surface area (Å²) in [6, 6.07) is 11.2. The second-order valence-corrected chi connectivity index (χ2v) is 5.77. The molecule has 1 N–H and O–H groups in total. The quantitative estimate of drug-likeness (QED) is 0.910. The van der Waals surface area contributed by atoms with Crippen molar-refractivity contribution in [2.75, 3.05) is 5.32 Å². The minimum Gasteiger partial charge on any atom is -0.363 e. The van der Waals surface area contributed by atoms with Crippen LogP contribution in [-0.4, -0.2) is 9.97 Å². The molecule has 104 valence electrons. The van der Waals surface area contributed by atoms with Crippen molar-refractivity contribution in [1.29, 1.82) is 0 Å². The van der Waals surface area contributed by atoms with E-state index < -0.39 is 0 Å². The first-order valence-electron chi connectivity index (χ1n) is 7.40. The Labute approximate surface area is 120 Å². The van der Waals surface area contributed by atoms with E-state index in [-0.39, 0.29) is 0 Å². The lowest BCUT2D eigenvalue weighted by Crippen LogP contribution is -2.18. The first-order valence-corrected chi connectivity index (χ1v) is 7.40. The van der Waals surface area contributed by atoms with E-state index in [0.29, 0.717) is 12.0 Å². The predicted molar refractivity (Wildman–Crippen MR) is 81.9 cm³/mol. The molecule has 0 saturated carbocycles. The van der Waals surface area contributed by atoms with Crippen LogP contribution in [-0.2, 0) is 6.42 Å². The van der Waals surface area contributed by atoms with Gasteiger partial charge in [-0.3, -0.25) is 0 Å². The van der Waals surface area contributed by atoms with Crippen molar-refractivity contribution in [2.45, 2.75) is 45.1 Å². The van der Waals surface area contributed by atoms with Gasteiger partial charge in [0, 0.05) is 11.8 Å². The third-order valence-corrected chi connectivity index (χ3v) is 3.97. The van der Waals surface area contributed by atoms with Crippen LogP contribution in [0.5, 0.6) is 0 Å². The average molecular weight is 267 g/mol. The van der Waals surface area contributed by atoms with Gasteiger partial charge in [-0.15, -0.1) is 0 Å². The Morgan fingerprint density at radius 1 is 1.20 bits per heavy atom. The number of hydrogen-bond donors (Lipinski definition) is 1. The minimum absolute atomic E-state index is 0.370. The molecule has 1 unspecified atom stereocenters. The van der Waals surface area contributed by atoms with Gasteiger partial charge in [-0.25, -0.2) is 9.97 Å². The van der Waals surface area contributed by atoms with Crippen LogP contribution in [0.3, 0.4) is 0 Å². The smallest absolute Gasteiger partial charge is 0.130 e. The molecule has 3 rings (SSSR count). The summed E-state index contributed by atoms with van der Waals surface area (Å²) in [4.78, 5) is 8.69. The van der Waals surface area contributed by atoms with Gasteiger partial charge in [0.2, 0.25) is 0 Å². The molecule has 0 bridgehead atoms. The minimum atomic E-state index is 0.370. The molecular weight excluding hydrogens is 246 g/mol. The Hall–Kier alpha value is -1.90. The fraction of sp³-hybridized carbons (Fsp3) is 0.412. The van der Waals surface area contributed by atoms with E-state index in [1.54, 1.807) is 6.33 Å². The van der Waals surface area contributed by atoms with Crippen LogP contribution in [0.1, 0.15) is 55.5 Å². The number of benzene rings is 1. The van der Waals surface area contributed by atoms with Crippen molar-refractivity contribution in [3.8, 4) is 0 Å². The Bertz CT molecular complexity index is 592. The summed E-state index contributed by atoms with van der Waals surface area (Å²) in [6.07, 6.45) is 5.25. The molecule has 1 aromatic carbocycles. The van der Waals surface area contributed by atoms with Crippen molar-refractivity contribution >= 4 is 5.82 Å². The lowest BCUT2D eigenvalue weighted by Gasteiger charge is -2.26. The molecular formula is C17H21N3. The van der Waals surface area contributed by atoms with E-state index in [1.165, 1.54) is 24.0 Å². The molecule has 0 saturated heterocycles. The number of aryl methyl sites for hydroxylation is 1. The third kappa shape index (κ3) is 2.67. The summed E-state index contributed by atoms with van der Waals surface area (Å²) in [5, 5.41) is 3.58. The number of nitrogens with one attached hydrogen (secondary N) is 1. The van der Waals surface area contributed by atoms with Gasteiger partial charge < -0.3 is 5.32 Å². The molecule has 3 heteroatoms. The molecule has 0 amide bonds. The Balaban J connectivity index is 1.84. The predicted octanol–water partition coefficient (Wildman–Crippen LogP) is 4.09. The van der Waals surface area contributed by atoms with E-state index in [4.69, 9.17) is 0 Å². The fourth-order valence-corrected chi connectivity index (χ4v) is 2.85. The highest BCUT2D eigenvalue weighted by Crippen LogP contribution is 2.32. The zero-order chi connectivity index (χ0) is 13.9. The van der Waals surface area contributed by atoms with E-state index >= 15 is 0 Å². The van der Waals surface area contributed by atoms with Crippen LogP contribution in [0, 0.1) is 0 Å². The molecule has 20 heavy (non-hydrogen) atoms. The fourth-order valence-electron chi connectivity index (χ4n) is 2.85. The molecule has 1 aromatic heterocycles. The van der Waals surface area contributed by atoms with Gasteiger partial charge in [-0.05, 0) is 36.3 Å². The van der Waals surface area contributed by atoms with Crippen LogP contribution in [0.25, 0.3) is 0 Å². The van der Waals surface area contributed by atoms with Crippen molar-refractivity contribution in [3.63, 3.8) is 0 Å². The summed E-state index contributed by atoms with van der Waals surface area (Å²) in [5.41, 5.74) is 3.98. The summed E-state index contributed by atoms with van der Waals surface area (Å²) >= 11 is 0. The number of nitrogens with zero attached hydrogens (tertiary/aromatic N) is 2. The normalized spacial score (nSPS) is 17.9. The highest BCUT2D eigenvalue weighted by atomic mass is 15.0. The molecule has 1 heterocycles. The zero-order valence-corrected chi connectivity index (χ0v) is 12.1. The van der Waals surface area contributed by atoms with Gasteiger partial charge in [0.1, 0.15) is 12.1 Å². The van der Waals surface area contributed by atoms with Gasteiger partial charge >= 0.3 is 0 Å². The maximum Gasteiger partial charge on any atom is 0.130 e.